The zero-order valence-electron chi connectivity index (χ0n) is 15.8. The molecule has 0 bridgehead atoms. The molecule has 4 heteroatoms. The topological polar surface area (TPSA) is 59.1 Å². The normalized spacial score (nSPS) is 31.1. The van der Waals surface area contributed by atoms with Gasteiger partial charge < -0.3 is 14.6 Å². The number of aliphatic hydroxyl groups is 1. The maximum Gasteiger partial charge on any atom is 0.338 e. The van der Waals surface area contributed by atoms with Gasteiger partial charge in [-0.2, -0.15) is 0 Å². The van der Waals surface area contributed by atoms with Crippen LogP contribution in [0.5, 0.6) is 0 Å². The van der Waals surface area contributed by atoms with Gasteiger partial charge in [0.25, 0.3) is 0 Å². The lowest BCUT2D eigenvalue weighted by molar-refractivity contribution is -0.135. The molecule has 2 aliphatic rings. The summed E-state index contributed by atoms with van der Waals surface area (Å²) in [4.78, 5) is 12.0. The fraction of sp³-hybridized carbons (Fsp3) is 0.571. The van der Waals surface area contributed by atoms with E-state index >= 15 is 0 Å². The third-order valence-corrected chi connectivity index (χ3v) is 5.40. The minimum atomic E-state index is -0.429. The van der Waals surface area contributed by atoms with Crippen molar-refractivity contribution in [1.82, 2.24) is 0 Å². The fourth-order valence-corrected chi connectivity index (χ4v) is 3.83. The van der Waals surface area contributed by atoms with Crippen molar-refractivity contribution < 1.29 is 19.4 Å². The largest absolute Gasteiger partial charge is 0.465 e. The van der Waals surface area contributed by atoms with E-state index in [9.17, 15) is 4.79 Å². The Hall–Kier alpha value is -1.83. The first-order chi connectivity index (χ1) is 11.7. The van der Waals surface area contributed by atoms with Gasteiger partial charge in [-0.05, 0) is 56.9 Å². The van der Waals surface area contributed by atoms with E-state index in [4.69, 9.17) is 14.6 Å². The number of rotatable bonds is 4. The minimum absolute atomic E-state index is 0.0177. The maximum atomic E-state index is 12.0. The van der Waals surface area contributed by atoms with Crippen molar-refractivity contribution in [3.05, 3.63) is 35.5 Å². The van der Waals surface area contributed by atoms with Gasteiger partial charge in [0.15, 0.2) is 0 Å². The summed E-state index contributed by atoms with van der Waals surface area (Å²) in [7, 11) is 1.36. The van der Waals surface area contributed by atoms with Crippen molar-refractivity contribution in [2.75, 3.05) is 13.7 Å². The Balaban J connectivity index is 2.27. The van der Waals surface area contributed by atoms with E-state index < -0.39 is 5.97 Å². The molecule has 4 nitrogen and oxygen atoms in total. The van der Waals surface area contributed by atoms with Crippen molar-refractivity contribution >= 4 is 5.97 Å². The summed E-state index contributed by atoms with van der Waals surface area (Å²) in [5, 5.41) is 8.85. The van der Waals surface area contributed by atoms with Gasteiger partial charge in [0.1, 0.15) is 5.60 Å². The Morgan fingerprint density at radius 2 is 2.04 bits per heavy atom. The molecule has 1 heterocycles. The molecule has 0 amide bonds. The Morgan fingerprint density at radius 1 is 1.32 bits per heavy atom. The summed E-state index contributed by atoms with van der Waals surface area (Å²) < 4.78 is 11.0. The van der Waals surface area contributed by atoms with Gasteiger partial charge in [0.2, 0.25) is 0 Å². The lowest BCUT2D eigenvalue weighted by Crippen LogP contribution is -2.41. The van der Waals surface area contributed by atoms with Gasteiger partial charge in [-0.3, -0.25) is 0 Å². The van der Waals surface area contributed by atoms with Gasteiger partial charge in [-0.1, -0.05) is 25.7 Å². The maximum absolute atomic E-state index is 12.0. The molecule has 0 aromatic heterocycles. The van der Waals surface area contributed by atoms with Crippen molar-refractivity contribution in [2.45, 2.75) is 58.2 Å². The van der Waals surface area contributed by atoms with E-state index in [1.807, 2.05) is 6.08 Å². The van der Waals surface area contributed by atoms with Crippen molar-refractivity contribution in [1.29, 1.82) is 0 Å². The average molecular weight is 344 g/mol. The lowest BCUT2D eigenvalue weighted by atomic mass is 9.64. The highest BCUT2D eigenvalue weighted by atomic mass is 16.6. The highest BCUT2D eigenvalue weighted by Crippen LogP contribution is 2.66. The molecule has 136 valence electrons. The number of epoxide rings is 1. The number of hydrogen-bond acceptors (Lipinski definition) is 4. The molecular formula is C21H28O4. The van der Waals surface area contributed by atoms with Crippen LogP contribution in [0.25, 0.3) is 0 Å². The van der Waals surface area contributed by atoms with Crippen LogP contribution in [-0.2, 0) is 14.3 Å². The van der Waals surface area contributed by atoms with E-state index in [1.165, 1.54) is 7.11 Å². The highest BCUT2D eigenvalue weighted by Gasteiger charge is 2.73. The van der Waals surface area contributed by atoms with E-state index in [0.29, 0.717) is 5.57 Å². The predicted molar refractivity (Wildman–Crippen MR) is 97.7 cm³/mol. The summed E-state index contributed by atoms with van der Waals surface area (Å²) in [6.07, 6.45) is 10.2. The number of hydrogen-bond donors (Lipinski definition) is 1. The molecule has 1 aliphatic carbocycles. The lowest BCUT2D eigenvalue weighted by Gasteiger charge is -2.36. The monoisotopic (exact) mass is 344 g/mol. The van der Waals surface area contributed by atoms with Crippen LogP contribution in [0.15, 0.2) is 35.5 Å². The summed E-state index contributed by atoms with van der Waals surface area (Å²) in [5.74, 6) is 5.29. The van der Waals surface area contributed by atoms with Crippen LogP contribution in [0.4, 0.5) is 0 Å². The first kappa shape index (κ1) is 19.5. The van der Waals surface area contributed by atoms with E-state index in [1.54, 1.807) is 25.2 Å². The SMILES string of the molecule is COC(=O)C(=C\C#C/C(C)=C/CO)/C=C/[C@@]12O[C@]1(C)CCCC2(C)C. The Kier molecular flexibility index (Phi) is 5.61. The molecule has 2 rings (SSSR count). The van der Waals surface area contributed by atoms with Gasteiger partial charge in [-0.25, -0.2) is 4.79 Å². The van der Waals surface area contributed by atoms with Gasteiger partial charge in [0, 0.05) is 11.5 Å². The molecule has 1 N–H and O–H groups in total. The summed E-state index contributed by atoms with van der Waals surface area (Å²) >= 11 is 0. The van der Waals surface area contributed by atoms with Crippen LogP contribution in [0.3, 0.4) is 0 Å². The Bertz CT molecular complexity index is 686. The molecule has 2 fully saturated rings. The first-order valence-electron chi connectivity index (χ1n) is 8.68. The van der Waals surface area contributed by atoms with E-state index in [2.05, 4.69) is 32.6 Å². The third kappa shape index (κ3) is 3.73. The van der Waals surface area contributed by atoms with E-state index in [-0.39, 0.29) is 23.2 Å². The third-order valence-electron chi connectivity index (χ3n) is 5.40. The molecule has 1 saturated carbocycles. The van der Waals surface area contributed by atoms with Crippen LogP contribution in [0, 0.1) is 17.3 Å². The zero-order valence-corrected chi connectivity index (χ0v) is 15.8. The van der Waals surface area contributed by atoms with Gasteiger partial charge >= 0.3 is 5.97 Å². The molecule has 2 atom stereocenters. The molecule has 0 aromatic carbocycles. The van der Waals surface area contributed by atoms with Crippen LogP contribution >= 0.6 is 0 Å². The second kappa shape index (κ2) is 7.19. The molecule has 0 radical (unpaired) electrons. The molecular weight excluding hydrogens is 316 g/mol. The Labute approximate surface area is 150 Å². The molecule has 25 heavy (non-hydrogen) atoms. The predicted octanol–water partition coefficient (Wildman–Crippen LogP) is 3.32. The minimum Gasteiger partial charge on any atom is -0.465 e. The molecule has 0 spiro atoms. The zero-order chi connectivity index (χ0) is 18.7. The van der Waals surface area contributed by atoms with Crippen molar-refractivity contribution in [2.24, 2.45) is 5.41 Å². The van der Waals surface area contributed by atoms with Crippen LogP contribution < -0.4 is 0 Å². The van der Waals surface area contributed by atoms with Gasteiger partial charge in [-0.15, -0.1) is 0 Å². The van der Waals surface area contributed by atoms with Crippen LogP contribution in [-0.4, -0.2) is 36.0 Å². The second-order valence-corrected chi connectivity index (χ2v) is 7.57. The number of esters is 1. The smallest absolute Gasteiger partial charge is 0.338 e. The second-order valence-electron chi connectivity index (χ2n) is 7.57. The van der Waals surface area contributed by atoms with Crippen molar-refractivity contribution in [3.63, 3.8) is 0 Å². The molecule has 1 saturated heterocycles. The van der Waals surface area contributed by atoms with Gasteiger partial charge in [0.05, 0.1) is 24.9 Å². The summed E-state index contributed by atoms with van der Waals surface area (Å²) in [5.41, 5.74) is 0.658. The number of allylic oxidation sites excluding steroid dienone is 2. The average Bonchev–Trinajstić information content (AvgIpc) is 3.18. The highest BCUT2D eigenvalue weighted by molar-refractivity contribution is 5.92. The number of aliphatic hydroxyl groups excluding tert-OH is 1. The quantitative estimate of drug-likeness (QED) is 0.279. The first-order valence-corrected chi connectivity index (χ1v) is 8.68. The van der Waals surface area contributed by atoms with E-state index in [0.717, 1.165) is 24.8 Å². The standard InChI is InChI=1S/C21H28O4/c1-16(11-15-22)8-6-9-17(18(23)24-5)10-14-21-19(2,3)12-7-13-20(21,4)25-21/h9-11,14,22H,7,12-13,15H2,1-5H3/b14-10+,16-11+,17-9-/t20-,21+/m1/s1. The van der Waals surface area contributed by atoms with Crippen LogP contribution in [0.1, 0.15) is 47.0 Å². The number of carbonyl (C=O) groups is 1. The fourth-order valence-electron chi connectivity index (χ4n) is 3.83. The number of ether oxygens (including phenoxy) is 2. The van der Waals surface area contributed by atoms with Crippen molar-refractivity contribution in [3.8, 4) is 11.8 Å². The van der Waals surface area contributed by atoms with Crippen LogP contribution in [0.2, 0.25) is 0 Å². The Morgan fingerprint density at radius 3 is 2.64 bits per heavy atom. The number of fused-ring (bicyclic) bond motifs is 1. The summed E-state index contributed by atoms with van der Waals surface area (Å²) in [6, 6.07) is 0. The molecule has 0 aromatic rings. The number of carbonyl (C=O) groups excluding carboxylic acids is 1. The number of methoxy groups -OCH3 is 1. The summed E-state index contributed by atoms with van der Waals surface area (Å²) in [6.45, 7) is 8.32. The molecule has 1 aliphatic heterocycles. The molecule has 0 unspecified atom stereocenters.